The number of anilines is 1. The second kappa shape index (κ2) is 21.8. The normalized spacial score (nSPS) is 13.3. The molecule has 2 heterocycles. The van der Waals surface area contributed by atoms with Gasteiger partial charge in [0.15, 0.2) is 0 Å². The third-order valence-electron chi connectivity index (χ3n) is 10.5. The number of amides is 7. The molecule has 0 spiro atoms. The molecule has 7 amide bonds. The summed E-state index contributed by atoms with van der Waals surface area (Å²) < 4.78 is 19.8. The van der Waals surface area contributed by atoms with Crippen molar-refractivity contribution in [1.82, 2.24) is 35.6 Å². The number of aromatic amines is 1. The number of imide groups is 1. The number of halogens is 1. The van der Waals surface area contributed by atoms with E-state index >= 15 is 0 Å². The first kappa shape index (κ1) is 46.6. The van der Waals surface area contributed by atoms with Gasteiger partial charge in [0.2, 0.25) is 17.7 Å². The molecule has 17 heteroatoms. The fourth-order valence-electron chi connectivity index (χ4n) is 6.81. The van der Waals surface area contributed by atoms with Crippen molar-refractivity contribution in [2.45, 2.75) is 59.5 Å². The lowest BCUT2D eigenvalue weighted by molar-refractivity contribution is -0.133. The van der Waals surface area contributed by atoms with Crippen LogP contribution in [0.5, 0.6) is 5.75 Å². The second-order valence-electron chi connectivity index (χ2n) is 14.6. The van der Waals surface area contributed by atoms with Crippen LogP contribution >= 0.6 is 0 Å². The van der Waals surface area contributed by atoms with Gasteiger partial charge in [-0.25, -0.2) is 14.1 Å². The number of nitrogens with one attached hydrogen (secondary N) is 4. The van der Waals surface area contributed by atoms with Gasteiger partial charge >= 0.3 is 6.03 Å². The Labute approximate surface area is 350 Å². The largest absolute Gasteiger partial charge is 0.497 e. The molecule has 1 aliphatic rings. The smallest absolute Gasteiger partial charge is 0.331 e. The van der Waals surface area contributed by atoms with Gasteiger partial charge in [-0.1, -0.05) is 26.0 Å². The zero-order chi connectivity index (χ0) is 44.1. The van der Waals surface area contributed by atoms with Crippen LogP contribution in [-0.2, 0) is 25.7 Å². The van der Waals surface area contributed by atoms with Crippen molar-refractivity contribution in [3.8, 4) is 5.75 Å². The predicted molar refractivity (Wildman–Crippen MR) is 227 cm³/mol. The summed E-state index contributed by atoms with van der Waals surface area (Å²) in [4.78, 5) is 88.6. The Morgan fingerprint density at radius 1 is 0.950 bits per heavy atom. The molecule has 0 radical (unpaired) electrons. The van der Waals surface area contributed by atoms with Gasteiger partial charge in [0.25, 0.3) is 11.8 Å². The first-order chi connectivity index (χ1) is 28.6. The van der Waals surface area contributed by atoms with Crippen molar-refractivity contribution in [1.29, 1.82) is 0 Å². The highest BCUT2D eigenvalue weighted by Crippen LogP contribution is 2.39. The SMILES string of the molecule is CCN(CC)CCNC(=O)c1c(C)[nH]c(/C=C2\C(=O)N(C(=O)N(C)CCN(C)C(=O)CCC(=O)N[C@@H](CCN)C(=O)NCc3ccc(OC)cc3)c3ccc(F)cc32)c1C. The van der Waals surface area contributed by atoms with Gasteiger partial charge in [0, 0.05) is 76.6 Å². The number of hydrogen-bond acceptors (Lipinski definition) is 9. The van der Waals surface area contributed by atoms with Crippen LogP contribution in [-0.4, -0.2) is 128 Å². The Hall–Kier alpha value is -6.07. The molecule has 60 heavy (non-hydrogen) atoms. The van der Waals surface area contributed by atoms with Crippen molar-refractivity contribution in [3.05, 3.63) is 81.9 Å². The molecule has 6 N–H and O–H groups in total. The highest BCUT2D eigenvalue weighted by atomic mass is 19.1. The second-order valence-corrected chi connectivity index (χ2v) is 14.6. The van der Waals surface area contributed by atoms with Crippen LogP contribution in [0.15, 0.2) is 42.5 Å². The third kappa shape index (κ3) is 11.8. The van der Waals surface area contributed by atoms with E-state index in [2.05, 4.69) is 39.7 Å². The minimum atomic E-state index is -0.883. The number of nitrogens with zero attached hydrogens (tertiary/aromatic N) is 4. The maximum atomic E-state index is 14.6. The van der Waals surface area contributed by atoms with Crippen LogP contribution in [0.25, 0.3) is 11.6 Å². The van der Waals surface area contributed by atoms with Crippen LogP contribution in [0, 0.1) is 19.7 Å². The summed E-state index contributed by atoms with van der Waals surface area (Å²) in [6.07, 6.45) is 1.39. The molecule has 3 aromatic rings. The number of aromatic nitrogens is 1. The number of rotatable bonds is 20. The summed E-state index contributed by atoms with van der Waals surface area (Å²) in [5, 5.41) is 8.41. The maximum Gasteiger partial charge on any atom is 0.331 e. The van der Waals surface area contributed by atoms with Crippen molar-refractivity contribution in [2.75, 3.05) is 71.9 Å². The molecule has 0 saturated carbocycles. The standard InChI is InChI=1S/C43H58FN9O7/c1-8-52(9-2)21-20-46-41(57)39-27(3)35(48-28(39)4)25-33-32-24-30(44)12-15-36(32)53(42(33)58)43(59)51(6)23-22-50(5)38(55)17-16-37(54)49-34(18-19-45)40(56)47-26-29-10-13-31(60-7)14-11-29/h10-15,24-25,34,48H,8-9,16-23,26,45H2,1-7H3,(H,46,57)(H,47,56)(H,49,54)/b33-25-/t34-/m0/s1. The molecule has 324 valence electrons. The zero-order valence-corrected chi connectivity index (χ0v) is 35.6. The van der Waals surface area contributed by atoms with Gasteiger partial charge in [-0.2, -0.15) is 0 Å². The molecule has 2 aromatic carbocycles. The number of benzene rings is 2. The van der Waals surface area contributed by atoms with E-state index in [1.165, 1.54) is 42.1 Å². The van der Waals surface area contributed by atoms with Gasteiger partial charge in [-0.3, -0.25) is 24.0 Å². The third-order valence-corrected chi connectivity index (χ3v) is 10.5. The maximum absolute atomic E-state index is 14.6. The zero-order valence-electron chi connectivity index (χ0n) is 35.6. The van der Waals surface area contributed by atoms with Crippen LogP contribution < -0.4 is 31.3 Å². The summed E-state index contributed by atoms with van der Waals surface area (Å²) in [6.45, 7) is 11.0. The molecular weight excluding hydrogens is 774 g/mol. The molecule has 1 atom stereocenters. The Balaban J connectivity index is 1.34. The number of ether oxygens (including phenoxy) is 1. The van der Waals surface area contributed by atoms with Gasteiger partial charge in [-0.15, -0.1) is 0 Å². The first-order valence-electron chi connectivity index (χ1n) is 20.1. The van der Waals surface area contributed by atoms with Crippen LogP contribution in [0.4, 0.5) is 14.9 Å². The summed E-state index contributed by atoms with van der Waals surface area (Å²) in [7, 11) is 4.57. The Bertz CT molecular complexity index is 2060. The number of methoxy groups -OCH3 is 1. The Morgan fingerprint density at radius 2 is 1.63 bits per heavy atom. The number of carbonyl (C=O) groups is 6. The molecule has 16 nitrogen and oxygen atoms in total. The molecule has 0 fully saturated rings. The highest BCUT2D eigenvalue weighted by molar-refractivity contribution is 6.42. The van der Waals surface area contributed by atoms with Crippen molar-refractivity contribution < 1.29 is 37.9 Å². The summed E-state index contributed by atoms with van der Waals surface area (Å²) in [5.74, 6) is -2.13. The van der Waals surface area contributed by atoms with Gasteiger partial charge < -0.3 is 46.1 Å². The molecule has 0 saturated heterocycles. The van der Waals surface area contributed by atoms with E-state index in [1.54, 1.807) is 33.1 Å². The fraction of sp³-hybridized carbons (Fsp3) is 0.442. The van der Waals surface area contributed by atoms with Crippen LogP contribution in [0.3, 0.4) is 0 Å². The van der Waals surface area contributed by atoms with Gasteiger partial charge in [0.05, 0.1) is 23.9 Å². The molecule has 0 bridgehead atoms. The minimum absolute atomic E-state index is 0.0290. The number of H-pyrrole nitrogens is 1. The predicted octanol–water partition coefficient (Wildman–Crippen LogP) is 3.18. The number of urea groups is 1. The number of hydrogen-bond donors (Lipinski definition) is 5. The number of nitrogens with two attached hydrogens (primary N) is 1. The molecule has 4 rings (SSSR count). The van der Waals surface area contributed by atoms with E-state index in [0.717, 1.165) is 29.6 Å². The lowest BCUT2D eigenvalue weighted by atomic mass is 10.0. The van der Waals surface area contributed by atoms with Crippen molar-refractivity contribution in [3.63, 3.8) is 0 Å². The highest BCUT2D eigenvalue weighted by Gasteiger charge is 2.39. The van der Waals surface area contributed by atoms with E-state index in [0.29, 0.717) is 41.4 Å². The quantitative estimate of drug-likeness (QED) is 0.106. The van der Waals surface area contributed by atoms with Crippen LogP contribution in [0.2, 0.25) is 0 Å². The fourth-order valence-corrected chi connectivity index (χ4v) is 6.81. The van der Waals surface area contributed by atoms with E-state index in [1.807, 2.05) is 12.1 Å². The number of carbonyl (C=O) groups excluding carboxylic acids is 6. The minimum Gasteiger partial charge on any atom is -0.497 e. The number of aryl methyl sites for hydroxylation is 1. The lowest BCUT2D eigenvalue weighted by Gasteiger charge is -2.26. The molecule has 0 aliphatic carbocycles. The average Bonchev–Trinajstić information content (AvgIpc) is 3.67. The van der Waals surface area contributed by atoms with Crippen LogP contribution in [0.1, 0.15) is 71.5 Å². The Morgan fingerprint density at radius 3 is 2.28 bits per heavy atom. The van der Waals surface area contributed by atoms with E-state index in [-0.39, 0.29) is 74.1 Å². The molecular formula is C43H58FN9O7. The summed E-state index contributed by atoms with van der Waals surface area (Å²) in [5.41, 5.74) is 9.12. The van der Waals surface area contributed by atoms with Gasteiger partial charge in [-0.05, 0) is 87.4 Å². The molecule has 1 aliphatic heterocycles. The van der Waals surface area contributed by atoms with Crippen molar-refractivity contribution in [2.24, 2.45) is 5.73 Å². The first-order valence-corrected chi connectivity index (χ1v) is 20.1. The average molecular weight is 832 g/mol. The summed E-state index contributed by atoms with van der Waals surface area (Å²) in [6, 6.07) is 9.31. The monoisotopic (exact) mass is 831 g/mol. The Kier molecular flexibility index (Phi) is 16.9. The van der Waals surface area contributed by atoms with Gasteiger partial charge in [0.1, 0.15) is 17.6 Å². The number of likely N-dealkylation sites (N-methyl/N-ethyl adjacent to an activating group) is 3. The van der Waals surface area contributed by atoms with E-state index < -0.39 is 35.6 Å². The topological polar surface area (TPSA) is 203 Å². The van der Waals surface area contributed by atoms with E-state index in [9.17, 15) is 33.2 Å². The molecule has 0 unspecified atom stereocenters. The lowest BCUT2D eigenvalue weighted by Crippen LogP contribution is -2.47. The summed E-state index contributed by atoms with van der Waals surface area (Å²) >= 11 is 0. The number of fused-ring (bicyclic) bond motifs is 1. The van der Waals surface area contributed by atoms with Crippen molar-refractivity contribution >= 4 is 52.9 Å². The molecule has 1 aromatic heterocycles. The van der Waals surface area contributed by atoms with E-state index in [4.69, 9.17) is 10.5 Å².